The molecule has 0 fully saturated rings. The number of nitrogens with zero attached hydrogens (tertiary/aromatic N) is 4. The average Bonchev–Trinajstić information content (AvgIpc) is 2.30. The van der Waals surface area contributed by atoms with Gasteiger partial charge in [0.05, 0.1) is 0 Å². The molecule has 1 aliphatic rings. The molecule has 0 heterocycles. The maximum Gasteiger partial charge on any atom is 0.229 e. The first kappa shape index (κ1) is 11.1. The second-order valence-corrected chi connectivity index (χ2v) is 2.51. The van der Waals surface area contributed by atoms with Gasteiger partial charge in [-0.05, 0) is 10.4 Å². The molecule has 0 bridgehead atoms. The summed E-state index contributed by atoms with van der Waals surface area (Å²) in [4.78, 5) is 43.2. The molecule has 76 valence electrons. The van der Waals surface area contributed by atoms with Crippen LogP contribution in [0, 0.1) is 32.5 Å². The van der Waals surface area contributed by atoms with E-state index in [1.54, 1.807) is 0 Å². The highest BCUT2D eigenvalue weighted by Gasteiger charge is 2.37. The van der Waals surface area contributed by atoms with Gasteiger partial charge in [-0.25, -0.2) is 0 Å². The highest BCUT2D eigenvalue weighted by Crippen LogP contribution is 2.25. The molecule has 0 aromatic rings. The number of ketones is 2. The molecule has 0 spiro atoms. The van der Waals surface area contributed by atoms with Crippen molar-refractivity contribution in [3.63, 3.8) is 0 Å². The minimum absolute atomic E-state index is 0.881. The van der Waals surface area contributed by atoms with Gasteiger partial charge in [0.25, 0.3) is 0 Å². The molecule has 0 N–H and O–H groups in total. The Labute approximate surface area is 87.4 Å². The fourth-order valence-electron chi connectivity index (χ4n) is 1.06. The highest BCUT2D eigenvalue weighted by atomic mass is 16.3. The lowest BCUT2D eigenvalue weighted by atomic mass is 9.93. The molecule has 0 unspecified atom stereocenters. The average molecular weight is 216 g/mol. The Morgan fingerprint density at radius 3 is 1.31 bits per heavy atom. The molecule has 0 saturated heterocycles. The Bertz CT molecular complexity index is 518. The number of nitroso groups, excluding NO2 is 2. The van der Waals surface area contributed by atoms with Crippen LogP contribution in [0.5, 0.6) is 0 Å². The first-order chi connectivity index (χ1) is 7.62. The lowest BCUT2D eigenvalue weighted by Crippen LogP contribution is -2.21. The molecule has 0 atom stereocenters. The Hall–Kier alpha value is -3.00. The van der Waals surface area contributed by atoms with Gasteiger partial charge >= 0.3 is 0 Å². The zero-order valence-electron chi connectivity index (χ0n) is 7.42. The van der Waals surface area contributed by atoms with Crippen LogP contribution in [0.1, 0.15) is 0 Å². The molecule has 8 heteroatoms. The van der Waals surface area contributed by atoms with Gasteiger partial charge < -0.3 is 0 Å². The second kappa shape index (κ2) is 4.02. The normalized spacial score (nSPS) is 15.6. The Morgan fingerprint density at radius 1 is 0.812 bits per heavy atom. The standard InChI is InChI=1S/C8N4O4/c9-1-3-5(11-15)8(14)4(2-10)6(12-16)7(3)13. The van der Waals surface area contributed by atoms with Crippen molar-refractivity contribution >= 4 is 11.6 Å². The van der Waals surface area contributed by atoms with Crippen molar-refractivity contribution in [2.45, 2.75) is 0 Å². The lowest BCUT2D eigenvalue weighted by molar-refractivity contribution is -0.116. The summed E-state index contributed by atoms with van der Waals surface area (Å²) in [5.74, 6) is -2.49. The summed E-state index contributed by atoms with van der Waals surface area (Å²) in [7, 11) is 0. The third-order valence-electron chi connectivity index (χ3n) is 1.76. The van der Waals surface area contributed by atoms with E-state index in [1.165, 1.54) is 12.1 Å². The molecule has 0 aromatic heterocycles. The topological polar surface area (TPSA) is 141 Å². The van der Waals surface area contributed by atoms with Crippen LogP contribution in [-0.2, 0) is 9.59 Å². The Kier molecular flexibility index (Phi) is 2.78. The lowest BCUT2D eigenvalue weighted by Gasteiger charge is -2.07. The van der Waals surface area contributed by atoms with E-state index in [2.05, 4.69) is 10.4 Å². The van der Waals surface area contributed by atoms with Crippen molar-refractivity contribution in [3.05, 3.63) is 32.4 Å². The zero-order chi connectivity index (χ0) is 12.3. The molecule has 1 aliphatic carbocycles. The molecule has 0 aromatic carbocycles. The van der Waals surface area contributed by atoms with E-state index in [1.807, 2.05) is 0 Å². The third kappa shape index (κ3) is 1.31. The smallest absolute Gasteiger partial charge is 0.229 e. The fraction of sp³-hybridized carbons (Fsp3) is 0. The maximum absolute atomic E-state index is 11.3. The summed E-state index contributed by atoms with van der Waals surface area (Å²) in [6, 6.07) is 2.53. The van der Waals surface area contributed by atoms with Crippen LogP contribution in [-0.4, -0.2) is 11.6 Å². The van der Waals surface area contributed by atoms with Gasteiger partial charge in [-0.3, -0.25) is 9.59 Å². The van der Waals surface area contributed by atoms with Crippen LogP contribution >= 0.6 is 0 Å². The van der Waals surface area contributed by atoms with Crippen LogP contribution in [0.15, 0.2) is 32.9 Å². The van der Waals surface area contributed by atoms with Gasteiger partial charge in [-0.1, -0.05) is 0 Å². The number of nitriles is 2. The SMILES string of the molecule is N#CC1=C(N=O)C(=O)C(C#N)=C(N=O)C1=O. The van der Waals surface area contributed by atoms with Gasteiger partial charge in [-0.15, -0.1) is 9.81 Å². The van der Waals surface area contributed by atoms with Crippen LogP contribution < -0.4 is 0 Å². The summed E-state index contributed by atoms with van der Waals surface area (Å²) in [5, 5.41) is 21.5. The maximum atomic E-state index is 11.3. The number of rotatable bonds is 2. The van der Waals surface area contributed by atoms with Crippen LogP contribution in [0.4, 0.5) is 0 Å². The van der Waals surface area contributed by atoms with Crippen molar-refractivity contribution in [2.75, 3.05) is 0 Å². The molecule has 0 saturated carbocycles. The molecular formula is C8N4O4. The van der Waals surface area contributed by atoms with Crippen LogP contribution in [0.2, 0.25) is 0 Å². The van der Waals surface area contributed by atoms with Crippen molar-refractivity contribution in [2.24, 2.45) is 10.4 Å². The Morgan fingerprint density at radius 2 is 1.12 bits per heavy atom. The largest absolute Gasteiger partial charge is 0.286 e. The molecule has 16 heavy (non-hydrogen) atoms. The molecule has 1 rings (SSSR count). The summed E-state index contributed by atoms with van der Waals surface area (Å²) in [5.41, 5.74) is -3.71. The number of carbonyl (C=O) groups is 2. The quantitative estimate of drug-likeness (QED) is 0.477. The van der Waals surface area contributed by atoms with Gasteiger partial charge in [0.1, 0.15) is 23.3 Å². The molecule has 0 amide bonds. The predicted octanol–water partition coefficient (Wildman–Crippen LogP) is 0.226. The van der Waals surface area contributed by atoms with Crippen molar-refractivity contribution in [1.29, 1.82) is 10.5 Å². The first-order valence-electron chi connectivity index (χ1n) is 3.67. The van der Waals surface area contributed by atoms with Crippen molar-refractivity contribution in [1.82, 2.24) is 0 Å². The summed E-state index contributed by atoms with van der Waals surface area (Å²) >= 11 is 0. The number of carbonyl (C=O) groups excluding carboxylic acids is 2. The van der Waals surface area contributed by atoms with E-state index in [9.17, 15) is 19.4 Å². The minimum Gasteiger partial charge on any atom is -0.286 e. The monoisotopic (exact) mass is 216 g/mol. The summed E-state index contributed by atoms with van der Waals surface area (Å²) in [6.07, 6.45) is 0. The van der Waals surface area contributed by atoms with Gasteiger partial charge in [0.2, 0.25) is 11.6 Å². The number of allylic oxidation sites excluding steroid dienone is 2. The van der Waals surface area contributed by atoms with E-state index in [0.717, 1.165) is 0 Å². The minimum atomic E-state index is -1.25. The molecule has 0 radical (unpaired) electrons. The van der Waals surface area contributed by atoms with Gasteiger partial charge in [-0.2, -0.15) is 10.5 Å². The van der Waals surface area contributed by atoms with E-state index in [0.29, 0.717) is 0 Å². The van der Waals surface area contributed by atoms with Gasteiger partial charge in [0.15, 0.2) is 11.4 Å². The number of hydrogen-bond acceptors (Lipinski definition) is 8. The zero-order valence-corrected chi connectivity index (χ0v) is 7.42. The highest BCUT2D eigenvalue weighted by molar-refractivity contribution is 6.27. The van der Waals surface area contributed by atoms with Crippen LogP contribution in [0.3, 0.4) is 0 Å². The third-order valence-corrected chi connectivity index (χ3v) is 1.76. The summed E-state index contributed by atoms with van der Waals surface area (Å²) in [6.45, 7) is 0. The summed E-state index contributed by atoms with van der Waals surface area (Å²) < 4.78 is 0. The molecular weight excluding hydrogens is 216 g/mol. The van der Waals surface area contributed by atoms with E-state index in [4.69, 9.17) is 10.5 Å². The van der Waals surface area contributed by atoms with E-state index in [-0.39, 0.29) is 0 Å². The van der Waals surface area contributed by atoms with Crippen molar-refractivity contribution in [3.8, 4) is 12.1 Å². The fourth-order valence-corrected chi connectivity index (χ4v) is 1.06. The second-order valence-electron chi connectivity index (χ2n) is 2.51. The molecule has 8 nitrogen and oxygen atoms in total. The Balaban J connectivity index is 3.62. The van der Waals surface area contributed by atoms with Crippen molar-refractivity contribution < 1.29 is 9.59 Å². The van der Waals surface area contributed by atoms with Gasteiger partial charge in [0, 0.05) is 0 Å². The number of Topliss-reactive ketones (excluding diaryl/α,β-unsaturated/α-hetero) is 2. The molecule has 0 aliphatic heterocycles. The number of hydrogen-bond donors (Lipinski definition) is 0. The predicted molar refractivity (Wildman–Crippen MR) is 46.9 cm³/mol. The van der Waals surface area contributed by atoms with Crippen LogP contribution in [0.25, 0.3) is 0 Å². The van der Waals surface area contributed by atoms with E-state index < -0.39 is 34.1 Å². The first-order valence-corrected chi connectivity index (χ1v) is 3.67. The van der Waals surface area contributed by atoms with E-state index >= 15 is 0 Å².